The average Bonchev–Trinajstić information content (AvgIpc) is 2.82. The normalized spacial score (nSPS) is 12.0. The van der Waals surface area contributed by atoms with Crippen LogP contribution in [0.3, 0.4) is 0 Å². The number of benzene rings is 2. The van der Waals surface area contributed by atoms with E-state index in [4.69, 9.17) is 11.6 Å². The molecular weight excluding hydrogens is 422 g/mol. The summed E-state index contributed by atoms with van der Waals surface area (Å²) in [5.41, 5.74) is 3.59. The van der Waals surface area contributed by atoms with Gasteiger partial charge in [-0.25, -0.2) is 4.98 Å². The third kappa shape index (κ3) is 4.43. The van der Waals surface area contributed by atoms with E-state index >= 15 is 0 Å². The van der Waals surface area contributed by atoms with Crippen molar-refractivity contribution in [2.45, 2.75) is 25.7 Å². The molecule has 2 aromatic carbocycles. The Labute approximate surface area is 192 Å². The molecule has 1 N–H and O–H groups in total. The van der Waals surface area contributed by atoms with Crippen molar-refractivity contribution in [1.29, 1.82) is 0 Å². The molecule has 4 aromatic rings. The van der Waals surface area contributed by atoms with Gasteiger partial charge in [-0.3, -0.25) is 9.36 Å². The smallest absolute Gasteiger partial charge is 0.265 e. The number of halogens is 1. The molecule has 0 saturated heterocycles. The summed E-state index contributed by atoms with van der Waals surface area (Å²) < 4.78 is 1.52. The van der Waals surface area contributed by atoms with Gasteiger partial charge in [-0.1, -0.05) is 79.2 Å². The molecule has 0 fully saturated rings. The molecule has 1 atom stereocenters. The van der Waals surface area contributed by atoms with Crippen LogP contribution < -0.4 is 5.56 Å². The molecule has 32 heavy (non-hydrogen) atoms. The van der Waals surface area contributed by atoms with E-state index in [0.717, 1.165) is 23.1 Å². The molecule has 5 nitrogen and oxygen atoms in total. The summed E-state index contributed by atoms with van der Waals surface area (Å²) in [5.74, 6) is 0.473. The molecule has 0 radical (unpaired) electrons. The van der Waals surface area contributed by atoms with Gasteiger partial charge in [0.15, 0.2) is 0 Å². The second kappa shape index (κ2) is 9.37. The fourth-order valence-corrected chi connectivity index (χ4v) is 3.99. The van der Waals surface area contributed by atoms with Crippen LogP contribution in [-0.4, -0.2) is 19.6 Å². The Kier molecular flexibility index (Phi) is 6.37. The van der Waals surface area contributed by atoms with E-state index in [9.17, 15) is 9.90 Å². The van der Waals surface area contributed by atoms with Crippen LogP contribution in [0.1, 0.15) is 30.7 Å². The molecule has 162 valence electrons. The Morgan fingerprint density at radius 2 is 1.66 bits per heavy atom. The number of aromatic nitrogens is 3. The Bertz CT molecular complexity index is 1290. The zero-order valence-electron chi connectivity index (χ0n) is 18.0. The molecule has 2 aromatic heterocycles. The minimum absolute atomic E-state index is 0.162. The summed E-state index contributed by atoms with van der Waals surface area (Å²) in [6, 6.07) is 21.1. The number of nitrogens with zero attached hydrogens (tertiary/aromatic N) is 3. The van der Waals surface area contributed by atoms with Crippen molar-refractivity contribution < 1.29 is 5.11 Å². The lowest BCUT2D eigenvalue weighted by Gasteiger charge is -2.16. The number of aromatic hydroxyl groups is 1. The monoisotopic (exact) mass is 445 g/mol. The van der Waals surface area contributed by atoms with Crippen molar-refractivity contribution in [2.75, 3.05) is 0 Å². The summed E-state index contributed by atoms with van der Waals surface area (Å²) in [5, 5.41) is 10.9. The SMILES string of the molecule is CC(CCc1nc(O)c(-c2ccccc2)c(=O)n1C)c1cnc(Cl)c(-c2ccccc2)c1. The Hall–Kier alpha value is -3.44. The van der Waals surface area contributed by atoms with Gasteiger partial charge in [0.1, 0.15) is 16.5 Å². The highest BCUT2D eigenvalue weighted by atomic mass is 35.5. The number of hydrogen-bond acceptors (Lipinski definition) is 4. The zero-order chi connectivity index (χ0) is 22.7. The van der Waals surface area contributed by atoms with E-state index in [-0.39, 0.29) is 22.9 Å². The number of pyridine rings is 1. The average molecular weight is 446 g/mol. The van der Waals surface area contributed by atoms with Gasteiger partial charge in [0.25, 0.3) is 5.56 Å². The van der Waals surface area contributed by atoms with Crippen molar-refractivity contribution in [3.8, 4) is 28.1 Å². The van der Waals surface area contributed by atoms with Gasteiger partial charge in [0.05, 0.1) is 0 Å². The fourth-order valence-electron chi connectivity index (χ4n) is 3.78. The number of aryl methyl sites for hydroxylation is 1. The number of rotatable bonds is 6. The summed E-state index contributed by atoms with van der Waals surface area (Å²) in [7, 11) is 1.69. The van der Waals surface area contributed by atoms with Crippen molar-refractivity contribution in [3.05, 3.63) is 99.8 Å². The van der Waals surface area contributed by atoms with Crippen LogP contribution in [0.15, 0.2) is 77.7 Å². The first-order valence-corrected chi connectivity index (χ1v) is 10.9. The minimum atomic E-state index is -0.258. The van der Waals surface area contributed by atoms with Crippen molar-refractivity contribution >= 4 is 11.6 Å². The molecule has 0 aliphatic heterocycles. The Balaban J connectivity index is 1.56. The predicted octanol–water partition coefficient (Wildman–Crippen LogP) is 5.60. The topological polar surface area (TPSA) is 68.0 Å². The van der Waals surface area contributed by atoms with Gasteiger partial charge in [0, 0.05) is 25.2 Å². The largest absolute Gasteiger partial charge is 0.493 e. The number of hydrogen-bond donors (Lipinski definition) is 1. The van der Waals surface area contributed by atoms with E-state index in [1.807, 2.05) is 48.5 Å². The molecule has 6 heteroatoms. The Morgan fingerprint density at radius 1 is 1.03 bits per heavy atom. The van der Waals surface area contributed by atoms with Crippen molar-refractivity contribution in [1.82, 2.24) is 14.5 Å². The summed E-state index contributed by atoms with van der Waals surface area (Å²) in [4.78, 5) is 21.6. The second-order valence-corrected chi connectivity index (χ2v) is 8.23. The second-order valence-electron chi connectivity index (χ2n) is 7.87. The summed E-state index contributed by atoms with van der Waals surface area (Å²) in [6.07, 6.45) is 3.07. The van der Waals surface area contributed by atoms with Gasteiger partial charge < -0.3 is 5.11 Å². The summed E-state index contributed by atoms with van der Waals surface area (Å²) >= 11 is 6.34. The van der Waals surface area contributed by atoms with Crippen LogP contribution in [0.2, 0.25) is 5.15 Å². The van der Waals surface area contributed by atoms with Gasteiger partial charge in [-0.05, 0) is 35.1 Å². The maximum Gasteiger partial charge on any atom is 0.265 e. The highest BCUT2D eigenvalue weighted by Gasteiger charge is 2.17. The van der Waals surface area contributed by atoms with E-state index in [0.29, 0.717) is 23.0 Å². The first-order valence-electron chi connectivity index (χ1n) is 10.5. The molecule has 0 spiro atoms. The molecule has 0 aliphatic carbocycles. The van der Waals surface area contributed by atoms with E-state index in [2.05, 4.69) is 23.0 Å². The standard InChI is InChI=1S/C26H24ClN3O2/c1-17(20-15-21(24(27)28-16-20)18-9-5-3-6-10-18)13-14-22-29-25(31)23(26(32)30(22)2)19-11-7-4-8-12-19/h3-12,15-17,31H,13-14H2,1-2H3. The molecule has 1 unspecified atom stereocenters. The first kappa shape index (κ1) is 21.8. The lowest BCUT2D eigenvalue weighted by molar-refractivity contribution is 0.444. The fraction of sp³-hybridized carbons (Fsp3) is 0.192. The molecule has 0 amide bonds. The van der Waals surface area contributed by atoms with E-state index in [1.54, 1.807) is 25.4 Å². The van der Waals surface area contributed by atoms with Crippen molar-refractivity contribution in [3.63, 3.8) is 0 Å². The predicted molar refractivity (Wildman–Crippen MR) is 128 cm³/mol. The molecule has 0 bridgehead atoms. The van der Waals surface area contributed by atoms with Gasteiger partial charge in [0.2, 0.25) is 5.88 Å². The first-order chi connectivity index (χ1) is 15.5. The van der Waals surface area contributed by atoms with Crippen LogP contribution >= 0.6 is 11.6 Å². The van der Waals surface area contributed by atoms with Crippen LogP contribution in [-0.2, 0) is 13.5 Å². The summed E-state index contributed by atoms with van der Waals surface area (Å²) in [6.45, 7) is 2.11. The molecular formula is C26H24ClN3O2. The molecule has 0 saturated carbocycles. The van der Waals surface area contributed by atoms with Gasteiger partial charge in [-0.2, -0.15) is 4.98 Å². The van der Waals surface area contributed by atoms with E-state index in [1.165, 1.54) is 4.57 Å². The maximum atomic E-state index is 12.9. The molecule has 2 heterocycles. The Morgan fingerprint density at radius 3 is 2.31 bits per heavy atom. The lowest BCUT2D eigenvalue weighted by atomic mass is 9.95. The van der Waals surface area contributed by atoms with Crippen LogP contribution in [0.4, 0.5) is 0 Å². The van der Waals surface area contributed by atoms with Gasteiger partial charge in [-0.15, -0.1) is 0 Å². The quantitative estimate of drug-likeness (QED) is 0.392. The third-order valence-electron chi connectivity index (χ3n) is 5.74. The van der Waals surface area contributed by atoms with E-state index < -0.39 is 0 Å². The third-order valence-corrected chi connectivity index (χ3v) is 6.04. The van der Waals surface area contributed by atoms with Crippen molar-refractivity contribution in [2.24, 2.45) is 7.05 Å². The highest BCUT2D eigenvalue weighted by molar-refractivity contribution is 6.32. The minimum Gasteiger partial charge on any atom is -0.493 e. The highest BCUT2D eigenvalue weighted by Crippen LogP contribution is 2.31. The molecule has 4 rings (SSSR count). The van der Waals surface area contributed by atoms with Crippen LogP contribution in [0.5, 0.6) is 5.88 Å². The lowest BCUT2D eigenvalue weighted by Crippen LogP contribution is -2.24. The van der Waals surface area contributed by atoms with Crippen LogP contribution in [0.25, 0.3) is 22.3 Å². The van der Waals surface area contributed by atoms with Crippen LogP contribution in [0, 0.1) is 0 Å². The maximum absolute atomic E-state index is 12.9. The van der Waals surface area contributed by atoms with Gasteiger partial charge >= 0.3 is 0 Å². The zero-order valence-corrected chi connectivity index (χ0v) is 18.8. The molecule has 0 aliphatic rings.